The summed E-state index contributed by atoms with van der Waals surface area (Å²) in [5, 5.41) is 10.3. The number of amides is 1. The zero-order valence-corrected chi connectivity index (χ0v) is 15.4. The number of thioether (sulfide) groups is 1. The van der Waals surface area contributed by atoms with E-state index >= 15 is 0 Å². The number of halogens is 1. The molecule has 0 radical (unpaired) electrons. The van der Waals surface area contributed by atoms with Crippen molar-refractivity contribution in [2.45, 2.75) is 30.7 Å². The molecule has 134 valence electrons. The van der Waals surface area contributed by atoms with Gasteiger partial charge in [0.2, 0.25) is 5.91 Å². The number of carbonyl (C=O) groups excluding carboxylic acids is 1. The second kappa shape index (κ2) is 7.59. The van der Waals surface area contributed by atoms with Crippen LogP contribution in [0.5, 0.6) is 0 Å². The van der Waals surface area contributed by atoms with E-state index in [2.05, 4.69) is 10.2 Å². The highest BCUT2D eigenvalue weighted by molar-refractivity contribution is 7.99. The lowest BCUT2D eigenvalue weighted by atomic mass is 10.2. The number of benzene rings is 1. The second-order valence-corrected chi connectivity index (χ2v) is 7.86. The Balaban J connectivity index is 1.39. The highest BCUT2D eigenvalue weighted by Gasteiger charge is 2.33. The molecule has 0 unspecified atom stereocenters. The molecule has 1 aliphatic carbocycles. The van der Waals surface area contributed by atoms with Gasteiger partial charge in [0.1, 0.15) is 5.82 Å². The Morgan fingerprint density at radius 3 is 2.85 bits per heavy atom. The number of aromatic nitrogens is 2. The lowest BCUT2D eigenvalue weighted by molar-refractivity contribution is -0.129. The van der Waals surface area contributed by atoms with Crippen molar-refractivity contribution in [1.82, 2.24) is 15.1 Å². The van der Waals surface area contributed by atoms with E-state index in [4.69, 9.17) is 4.42 Å². The van der Waals surface area contributed by atoms with Crippen LogP contribution in [0.15, 0.2) is 51.4 Å². The summed E-state index contributed by atoms with van der Waals surface area (Å²) in [5.74, 6) is 0.324. The van der Waals surface area contributed by atoms with E-state index in [1.807, 2.05) is 17.5 Å². The Kier molecular flexibility index (Phi) is 5.03. The van der Waals surface area contributed by atoms with E-state index in [1.165, 1.54) is 29.2 Å². The maximum atomic E-state index is 13.9. The van der Waals surface area contributed by atoms with Gasteiger partial charge in [-0.2, -0.15) is 0 Å². The summed E-state index contributed by atoms with van der Waals surface area (Å²) in [6.45, 7) is 0.293. The molecular weight excluding hydrogens is 373 g/mol. The molecule has 0 saturated heterocycles. The quantitative estimate of drug-likeness (QED) is 0.566. The molecule has 1 amide bonds. The summed E-state index contributed by atoms with van der Waals surface area (Å²) in [4.78, 5) is 15.3. The topological polar surface area (TPSA) is 59.2 Å². The van der Waals surface area contributed by atoms with Crippen LogP contribution >= 0.6 is 23.1 Å². The van der Waals surface area contributed by atoms with E-state index in [0.717, 1.165) is 17.7 Å². The highest BCUT2D eigenvalue weighted by atomic mass is 32.2. The van der Waals surface area contributed by atoms with Crippen molar-refractivity contribution in [1.29, 1.82) is 0 Å². The van der Waals surface area contributed by atoms with Crippen LogP contribution in [0, 0.1) is 5.82 Å². The minimum atomic E-state index is -0.281. The molecule has 1 saturated carbocycles. The molecule has 8 heteroatoms. The zero-order valence-electron chi connectivity index (χ0n) is 13.8. The van der Waals surface area contributed by atoms with Crippen molar-refractivity contribution in [3.63, 3.8) is 0 Å². The summed E-state index contributed by atoms with van der Waals surface area (Å²) < 4.78 is 19.5. The molecule has 0 bridgehead atoms. The van der Waals surface area contributed by atoms with Gasteiger partial charge in [0.25, 0.3) is 11.1 Å². The maximum absolute atomic E-state index is 13.9. The third-order valence-electron chi connectivity index (χ3n) is 4.06. The van der Waals surface area contributed by atoms with Crippen LogP contribution in [0.3, 0.4) is 0 Å². The average Bonchev–Trinajstić information content (AvgIpc) is 3.14. The number of rotatable bonds is 7. The predicted octanol–water partition coefficient (Wildman–Crippen LogP) is 4.22. The predicted molar refractivity (Wildman–Crippen MR) is 98.3 cm³/mol. The van der Waals surface area contributed by atoms with Crippen LogP contribution in [-0.4, -0.2) is 32.8 Å². The molecule has 1 fully saturated rings. The molecule has 26 heavy (non-hydrogen) atoms. The molecule has 1 aliphatic rings. The van der Waals surface area contributed by atoms with Gasteiger partial charge in [0.15, 0.2) is 0 Å². The fourth-order valence-electron chi connectivity index (χ4n) is 2.59. The molecule has 2 heterocycles. The summed E-state index contributed by atoms with van der Waals surface area (Å²) >= 11 is 2.73. The first-order valence-electron chi connectivity index (χ1n) is 8.24. The standard InChI is InChI=1S/C18H16FN3O2S2/c19-14-5-2-1-4-12(14)10-22(13-7-8-13)16(23)11-26-18-21-20-17(24-18)15-6-3-9-25-15/h1-6,9,13H,7-8,10-11H2. The fourth-order valence-corrected chi connectivity index (χ4v) is 3.88. The Morgan fingerprint density at radius 1 is 1.27 bits per heavy atom. The summed E-state index contributed by atoms with van der Waals surface area (Å²) in [7, 11) is 0. The number of hydrogen-bond donors (Lipinski definition) is 0. The molecule has 0 N–H and O–H groups in total. The minimum absolute atomic E-state index is 0.0448. The Bertz CT molecular complexity index is 893. The van der Waals surface area contributed by atoms with Gasteiger partial charge in [0, 0.05) is 18.2 Å². The fraction of sp³-hybridized carbons (Fsp3) is 0.278. The van der Waals surface area contributed by atoms with Crippen LogP contribution in [0.2, 0.25) is 0 Å². The molecule has 0 aliphatic heterocycles. The summed E-state index contributed by atoms with van der Waals surface area (Å²) in [6, 6.07) is 10.6. The van der Waals surface area contributed by atoms with Gasteiger partial charge in [0.05, 0.1) is 10.6 Å². The molecule has 5 nitrogen and oxygen atoms in total. The number of thiophene rings is 1. The average molecular weight is 389 g/mol. The molecular formula is C18H16FN3O2S2. The summed E-state index contributed by atoms with van der Waals surface area (Å²) in [5.41, 5.74) is 0.538. The van der Waals surface area contributed by atoms with Gasteiger partial charge in [-0.15, -0.1) is 21.5 Å². The smallest absolute Gasteiger partial charge is 0.277 e. The third-order valence-corrected chi connectivity index (χ3v) is 5.73. The number of nitrogens with zero attached hydrogens (tertiary/aromatic N) is 3. The van der Waals surface area contributed by atoms with Crippen LogP contribution in [0.1, 0.15) is 18.4 Å². The van der Waals surface area contributed by atoms with Gasteiger partial charge in [-0.25, -0.2) is 4.39 Å². The van der Waals surface area contributed by atoms with Crippen molar-refractivity contribution in [3.8, 4) is 10.8 Å². The van der Waals surface area contributed by atoms with Crippen LogP contribution in [0.4, 0.5) is 4.39 Å². The Labute approximate surface area is 158 Å². The Hall–Kier alpha value is -2.19. The van der Waals surface area contributed by atoms with Gasteiger partial charge >= 0.3 is 0 Å². The van der Waals surface area contributed by atoms with Crippen molar-refractivity contribution in [3.05, 3.63) is 53.2 Å². The van der Waals surface area contributed by atoms with Crippen molar-refractivity contribution < 1.29 is 13.6 Å². The minimum Gasteiger partial charge on any atom is -0.410 e. The van der Waals surface area contributed by atoms with E-state index in [-0.39, 0.29) is 23.5 Å². The number of hydrogen-bond acceptors (Lipinski definition) is 6. The lowest BCUT2D eigenvalue weighted by Gasteiger charge is -2.22. The lowest BCUT2D eigenvalue weighted by Crippen LogP contribution is -2.34. The maximum Gasteiger partial charge on any atom is 0.277 e. The number of carbonyl (C=O) groups is 1. The zero-order chi connectivity index (χ0) is 17.9. The molecule has 2 aromatic heterocycles. The molecule has 0 atom stereocenters. The molecule has 0 spiro atoms. The molecule has 3 aromatic rings. The van der Waals surface area contributed by atoms with E-state index in [0.29, 0.717) is 23.2 Å². The third kappa shape index (κ3) is 3.96. The van der Waals surface area contributed by atoms with Crippen molar-refractivity contribution >= 4 is 29.0 Å². The Morgan fingerprint density at radius 2 is 2.12 bits per heavy atom. The van der Waals surface area contributed by atoms with Crippen molar-refractivity contribution in [2.24, 2.45) is 0 Å². The van der Waals surface area contributed by atoms with E-state index in [1.54, 1.807) is 23.1 Å². The summed E-state index contributed by atoms with van der Waals surface area (Å²) in [6.07, 6.45) is 1.93. The monoisotopic (exact) mass is 389 g/mol. The first kappa shape index (κ1) is 17.2. The van der Waals surface area contributed by atoms with Gasteiger partial charge in [-0.05, 0) is 30.4 Å². The molecule has 1 aromatic carbocycles. The van der Waals surface area contributed by atoms with Gasteiger partial charge < -0.3 is 9.32 Å². The SMILES string of the molecule is O=C(CSc1nnc(-c2cccs2)o1)N(Cc1ccccc1F)C1CC1. The van der Waals surface area contributed by atoms with Crippen LogP contribution in [-0.2, 0) is 11.3 Å². The van der Waals surface area contributed by atoms with Gasteiger partial charge in [-0.1, -0.05) is 36.0 Å². The second-order valence-electron chi connectivity index (χ2n) is 5.98. The van der Waals surface area contributed by atoms with E-state index < -0.39 is 0 Å². The normalized spacial score (nSPS) is 13.7. The van der Waals surface area contributed by atoms with E-state index in [9.17, 15) is 9.18 Å². The highest BCUT2D eigenvalue weighted by Crippen LogP contribution is 2.31. The van der Waals surface area contributed by atoms with Crippen molar-refractivity contribution in [2.75, 3.05) is 5.75 Å². The molecule has 4 rings (SSSR count). The first-order chi connectivity index (χ1) is 12.7. The first-order valence-corrected chi connectivity index (χ1v) is 10.1. The van der Waals surface area contributed by atoms with Crippen LogP contribution in [0.25, 0.3) is 10.8 Å². The largest absolute Gasteiger partial charge is 0.410 e. The van der Waals surface area contributed by atoms with Crippen LogP contribution < -0.4 is 0 Å². The van der Waals surface area contributed by atoms with Gasteiger partial charge in [-0.3, -0.25) is 4.79 Å².